The molecule has 3 aromatic heterocycles. The molecule has 0 unspecified atom stereocenters. The second-order valence-electron chi connectivity index (χ2n) is 9.07. The summed E-state index contributed by atoms with van der Waals surface area (Å²) >= 11 is 1.25. The van der Waals surface area contributed by atoms with Crippen LogP contribution in [0, 0.1) is 20.8 Å². The molecular formula is C27H28F3N7O2S. The quantitative estimate of drug-likeness (QED) is 0.180. The van der Waals surface area contributed by atoms with Gasteiger partial charge in [0.25, 0.3) is 5.91 Å². The van der Waals surface area contributed by atoms with Gasteiger partial charge in [0.2, 0.25) is 11.8 Å². The van der Waals surface area contributed by atoms with Crippen LogP contribution in [0.5, 0.6) is 5.88 Å². The highest BCUT2D eigenvalue weighted by molar-refractivity contribution is 7.97. The minimum Gasteiger partial charge on any atom is -0.480 e. The van der Waals surface area contributed by atoms with E-state index in [-0.39, 0.29) is 28.9 Å². The van der Waals surface area contributed by atoms with Gasteiger partial charge in [-0.05, 0) is 62.6 Å². The van der Waals surface area contributed by atoms with Gasteiger partial charge in [0.1, 0.15) is 5.56 Å². The Morgan fingerprint density at radius 3 is 2.40 bits per heavy atom. The van der Waals surface area contributed by atoms with Gasteiger partial charge < -0.3 is 10.1 Å². The van der Waals surface area contributed by atoms with Crippen LogP contribution in [-0.2, 0) is 6.18 Å². The number of nitrogens with zero attached hydrogens (tertiary/aromatic N) is 5. The minimum absolute atomic E-state index is 0.0774. The maximum Gasteiger partial charge on any atom is 0.435 e. The molecule has 0 spiro atoms. The first-order chi connectivity index (χ1) is 19.0. The van der Waals surface area contributed by atoms with E-state index in [2.05, 4.69) is 30.1 Å². The Hall–Kier alpha value is -4.13. The summed E-state index contributed by atoms with van der Waals surface area (Å²) in [5, 5.41) is 6.92. The number of methoxy groups -OCH3 is 1. The lowest BCUT2D eigenvalue weighted by molar-refractivity contribution is -0.141. The number of aryl methyl sites for hydroxylation is 3. The highest BCUT2D eigenvalue weighted by Gasteiger charge is 2.35. The molecular weight excluding hydrogens is 543 g/mol. The van der Waals surface area contributed by atoms with Crippen LogP contribution in [0.4, 0.5) is 24.8 Å². The number of ether oxygens (including phenoxy) is 1. The number of carbonyl (C=O) groups excluding carboxylic acids is 1. The second kappa shape index (κ2) is 11.9. The average molecular weight is 572 g/mol. The SMILES string of the molecule is CCCSNC(=O)c1cc(-c2cnc(Nc3cc(C)cc(C)c3)nc2-n2nc(C(F)(F)F)cc2C)cnc1OC. The Kier molecular flexibility index (Phi) is 8.62. The molecule has 3 heterocycles. The molecule has 0 bridgehead atoms. The Morgan fingerprint density at radius 1 is 1.05 bits per heavy atom. The number of amides is 1. The standard InChI is InChI=1S/C27H28F3N7O2S/c1-6-7-40-36-24(38)20-12-18(13-31-25(20)39-5)21-14-32-26(33-19-9-15(2)8-16(3)10-19)34-23(21)37-17(4)11-22(35-37)27(28,29)30/h8-14H,6-7H2,1-5H3,(H,36,38)(H,32,33,34). The fraction of sp³-hybridized carbons (Fsp3) is 0.296. The third-order valence-electron chi connectivity index (χ3n) is 5.70. The number of anilines is 2. The average Bonchev–Trinajstić information content (AvgIpc) is 3.30. The van der Waals surface area contributed by atoms with E-state index < -0.39 is 17.8 Å². The largest absolute Gasteiger partial charge is 0.480 e. The normalized spacial score (nSPS) is 11.4. The fourth-order valence-corrected chi connectivity index (χ4v) is 4.55. The molecule has 4 aromatic rings. The zero-order valence-electron chi connectivity index (χ0n) is 22.6. The lowest BCUT2D eigenvalue weighted by atomic mass is 10.1. The van der Waals surface area contributed by atoms with Crippen molar-refractivity contribution in [1.29, 1.82) is 0 Å². The maximum atomic E-state index is 13.5. The van der Waals surface area contributed by atoms with Gasteiger partial charge in [0, 0.05) is 40.7 Å². The molecule has 1 amide bonds. The van der Waals surface area contributed by atoms with Gasteiger partial charge in [-0.1, -0.05) is 24.9 Å². The minimum atomic E-state index is -4.65. The number of pyridine rings is 1. The molecule has 0 atom stereocenters. The molecule has 4 rings (SSSR count). The number of rotatable bonds is 9. The Morgan fingerprint density at radius 2 is 1.77 bits per heavy atom. The van der Waals surface area contributed by atoms with Crippen molar-refractivity contribution < 1.29 is 22.7 Å². The van der Waals surface area contributed by atoms with Crippen molar-refractivity contribution in [1.82, 2.24) is 29.5 Å². The van der Waals surface area contributed by atoms with Crippen LogP contribution in [0.1, 0.15) is 46.2 Å². The lowest BCUT2D eigenvalue weighted by Gasteiger charge is -2.15. The number of aromatic nitrogens is 5. The summed E-state index contributed by atoms with van der Waals surface area (Å²) in [6, 6.07) is 8.30. The van der Waals surface area contributed by atoms with Crippen molar-refractivity contribution in [3.8, 4) is 22.8 Å². The molecule has 0 radical (unpaired) electrons. The molecule has 9 nitrogen and oxygen atoms in total. The van der Waals surface area contributed by atoms with Gasteiger partial charge in [-0.2, -0.15) is 23.3 Å². The molecule has 13 heteroatoms. The Balaban J connectivity index is 1.84. The summed E-state index contributed by atoms with van der Waals surface area (Å²) in [5.74, 6) is 0.628. The van der Waals surface area contributed by atoms with Crippen molar-refractivity contribution in [3.63, 3.8) is 0 Å². The van der Waals surface area contributed by atoms with Crippen molar-refractivity contribution in [2.24, 2.45) is 0 Å². The number of hydrogen-bond acceptors (Lipinski definition) is 8. The maximum absolute atomic E-state index is 13.5. The molecule has 210 valence electrons. The number of alkyl halides is 3. The zero-order valence-corrected chi connectivity index (χ0v) is 23.4. The van der Waals surface area contributed by atoms with E-state index in [0.717, 1.165) is 34.0 Å². The van der Waals surface area contributed by atoms with Gasteiger partial charge in [0.15, 0.2) is 11.5 Å². The highest BCUT2D eigenvalue weighted by Crippen LogP contribution is 2.33. The highest BCUT2D eigenvalue weighted by atomic mass is 32.2. The van der Waals surface area contributed by atoms with Crippen LogP contribution < -0.4 is 14.8 Å². The molecule has 40 heavy (non-hydrogen) atoms. The zero-order chi connectivity index (χ0) is 29.0. The van der Waals surface area contributed by atoms with Gasteiger partial charge in [0.05, 0.1) is 7.11 Å². The van der Waals surface area contributed by atoms with E-state index in [1.807, 2.05) is 39.0 Å². The molecule has 0 saturated heterocycles. The molecule has 1 aromatic carbocycles. The summed E-state index contributed by atoms with van der Waals surface area (Å²) < 4.78 is 49.7. The van der Waals surface area contributed by atoms with Crippen molar-refractivity contribution in [2.75, 3.05) is 18.2 Å². The summed E-state index contributed by atoms with van der Waals surface area (Å²) in [6.07, 6.45) is -0.880. The molecule has 0 aliphatic heterocycles. The molecule has 0 fully saturated rings. The fourth-order valence-electron chi connectivity index (χ4n) is 4.00. The van der Waals surface area contributed by atoms with E-state index in [4.69, 9.17) is 4.74 Å². The van der Waals surface area contributed by atoms with E-state index in [1.54, 1.807) is 0 Å². The smallest absolute Gasteiger partial charge is 0.435 e. The molecule has 0 aliphatic rings. The number of nitrogens with one attached hydrogen (secondary N) is 2. The van der Waals surface area contributed by atoms with Crippen molar-refractivity contribution >= 4 is 29.5 Å². The predicted octanol–water partition coefficient (Wildman–Crippen LogP) is 6.21. The molecule has 2 N–H and O–H groups in total. The summed E-state index contributed by atoms with van der Waals surface area (Å²) in [6.45, 7) is 7.39. The van der Waals surface area contributed by atoms with E-state index in [1.165, 1.54) is 44.4 Å². The lowest BCUT2D eigenvalue weighted by Crippen LogP contribution is -2.18. The number of hydrogen-bond donors (Lipinski definition) is 2. The first-order valence-corrected chi connectivity index (χ1v) is 13.3. The molecule has 0 aliphatic carbocycles. The second-order valence-corrected chi connectivity index (χ2v) is 9.97. The van der Waals surface area contributed by atoms with Gasteiger partial charge in [-0.15, -0.1) is 0 Å². The van der Waals surface area contributed by atoms with Crippen LogP contribution in [0.25, 0.3) is 16.9 Å². The molecule has 0 saturated carbocycles. The van der Waals surface area contributed by atoms with Gasteiger partial charge >= 0.3 is 6.18 Å². The third kappa shape index (κ3) is 6.53. The first-order valence-electron chi connectivity index (χ1n) is 12.3. The van der Waals surface area contributed by atoms with Gasteiger partial charge in [-0.3, -0.25) is 9.52 Å². The van der Waals surface area contributed by atoms with Crippen LogP contribution in [-0.4, -0.2) is 43.5 Å². The monoisotopic (exact) mass is 571 g/mol. The van der Waals surface area contributed by atoms with Crippen LogP contribution >= 0.6 is 11.9 Å². The first kappa shape index (κ1) is 28.9. The summed E-state index contributed by atoms with van der Waals surface area (Å²) in [5.41, 5.74) is 2.77. The van der Waals surface area contributed by atoms with Crippen molar-refractivity contribution in [2.45, 2.75) is 40.3 Å². The Labute approximate surface area is 233 Å². The predicted molar refractivity (Wildman–Crippen MR) is 148 cm³/mol. The Bertz CT molecular complexity index is 1520. The van der Waals surface area contributed by atoms with Crippen molar-refractivity contribution in [3.05, 3.63) is 70.8 Å². The van der Waals surface area contributed by atoms with Gasteiger partial charge in [-0.25, -0.2) is 14.6 Å². The van der Waals surface area contributed by atoms with Crippen LogP contribution in [0.2, 0.25) is 0 Å². The van der Waals surface area contributed by atoms with Crippen LogP contribution in [0.15, 0.2) is 42.7 Å². The van der Waals surface area contributed by atoms with Crippen LogP contribution in [0.3, 0.4) is 0 Å². The topological polar surface area (TPSA) is 107 Å². The number of carbonyl (C=O) groups is 1. The van der Waals surface area contributed by atoms with E-state index in [0.29, 0.717) is 16.9 Å². The van der Waals surface area contributed by atoms with E-state index >= 15 is 0 Å². The number of halogens is 3. The van der Waals surface area contributed by atoms with E-state index in [9.17, 15) is 18.0 Å². The summed E-state index contributed by atoms with van der Waals surface area (Å²) in [4.78, 5) is 26.1. The summed E-state index contributed by atoms with van der Waals surface area (Å²) in [7, 11) is 1.39. The number of benzene rings is 1. The third-order valence-corrected chi connectivity index (χ3v) is 6.64.